The Labute approximate surface area is 238 Å². The topological polar surface area (TPSA) is 109 Å². The first-order chi connectivity index (χ1) is 19.5. The summed E-state index contributed by atoms with van der Waals surface area (Å²) in [4.78, 5) is 47.4. The van der Waals surface area contributed by atoms with Crippen LogP contribution in [0.4, 0.5) is 0 Å². The maximum atomic E-state index is 14.3. The van der Waals surface area contributed by atoms with Gasteiger partial charge in [0.15, 0.2) is 0 Å². The van der Waals surface area contributed by atoms with E-state index in [4.69, 9.17) is 14.2 Å². The number of allylic oxidation sites excluding steroid dienone is 1. The average Bonchev–Trinajstić information content (AvgIpc) is 3.61. The summed E-state index contributed by atoms with van der Waals surface area (Å²) in [5.74, 6) is -2.15. The summed E-state index contributed by atoms with van der Waals surface area (Å²) in [6.45, 7) is 13.0. The molecule has 0 aliphatic carbocycles. The zero-order valence-corrected chi connectivity index (χ0v) is 23.8. The molecule has 4 rings (SSSR count). The van der Waals surface area contributed by atoms with Crippen LogP contribution < -0.4 is 0 Å². The summed E-state index contributed by atoms with van der Waals surface area (Å²) in [6, 6.07) is -0.792. The highest BCUT2D eigenvalue weighted by Gasteiger charge is 2.75. The number of unbranched alkanes of at least 4 members (excludes halogenated alkanes) is 4. The van der Waals surface area contributed by atoms with Crippen LogP contribution in [0.25, 0.3) is 0 Å². The monoisotopic (exact) mass is 561 g/mol. The SMILES string of the molecule is C=CCCCCOC(=O)[C@@H]1[C@H]2C(=O)N(CCCCCO)C(C(=O)N(CC=C)CCN3CCOCC3)C23CC[C@H]1O3. The van der Waals surface area contributed by atoms with Crippen LogP contribution in [0.1, 0.15) is 51.4 Å². The van der Waals surface area contributed by atoms with Crippen molar-refractivity contribution in [3.05, 3.63) is 25.3 Å². The molecule has 0 radical (unpaired) electrons. The lowest BCUT2D eigenvalue weighted by Gasteiger charge is -2.37. The number of carbonyl (C=O) groups excluding carboxylic acids is 3. The Hall–Kier alpha value is -2.27. The van der Waals surface area contributed by atoms with E-state index in [0.717, 1.165) is 38.8 Å². The summed E-state index contributed by atoms with van der Waals surface area (Å²) in [5, 5.41) is 9.24. The molecule has 10 heteroatoms. The van der Waals surface area contributed by atoms with Gasteiger partial charge in [0.2, 0.25) is 11.8 Å². The molecular weight excluding hydrogens is 514 g/mol. The van der Waals surface area contributed by atoms with Crippen molar-refractivity contribution in [1.82, 2.24) is 14.7 Å². The molecule has 4 aliphatic rings. The molecule has 0 aromatic carbocycles. The number of aliphatic hydroxyl groups excluding tert-OH is 1. The number of nitrogens with zero attached hydrogens (tertiary/aromatic N) is 3. The van der Waals surface area contributed by atoms with Crippen LogP contribution in [0, 0.1) is 11.8 Å². The molecule has 1 N–H and O–H groups in total. The van der Waals surface area contributed by atoms with Gasteiger partial charge >= 0.3 is 5.97 Å². The number of morpholine rings is 1. The van der Waals surface area contributed by atoms with Crippen LogP contribution in [-0.2, 0) is 28.6 Å². The van der Waals surface area contributed by atoms with Crippen molar-refractivity contribution in [2.24, 2.45) is 11.8 Å². The number of hydrogen-bond acceptors (Lipinski definition) is 8. The molecule has 0 saturated carbocycles. The minimum absolute atomic E-state index is 0.0863. The first kappa shape index (κ1) is 30.7. The van der Waals surface area contributed by atoms with Gasteiger partial charge in [-0.1, -0.05) is 12.2 Å². The molecule has 5 atom stereocenters. The molecule has 2 unspecified atom stereocenters. The van der Waals surface area contributed by atoms with Gasteiger partial charge in [-0.25, -0.2) is 0 Å². The van der Waals surface area contributed by atoms with Gasteiger partial charge in [-0.15, -0.1) is 13.2 Å². The van der Waals surface area contributed by atoms with E-state index in [-0.39, 0.29) is 18.4 Å². The van der Waals surface area contributed by atoms with Crippen molar-refractivity contribution in [1.29, 1.82) is 0 Å². The van der Waals surface area contributed by atoms with Crippen molar-refractivity contribution in [2.75, 3.05) is 65.7 Å². The number of hydrogen-bond donors (Lipinski definition) is 1. The Balaban J connectivity index is 1.54. The molecule has 0 aromatic heterocycles. The quantitative estimate of drug-likeness (QED) is 0.163. The molecular formula is C30H47N3O7. The fourth-order valence-corrected chi connectivity index (χ4v) is 6.88. The number of ether oxygens (including phenoxy) is 3. The normalized spacial score (nSPS) is 29.4. The zero-order chi connectivity index (χ0) is 28.5. The van der Waals surface area contributed by atoms with Gasteiger partial charge in [0.25, 0.3) is 0 Å². The third-order valence-corrected chi connectivity index (χ3v) is 8.86. The highest BCUT2D eigenvalue weighted by atomic mass is 16.6. The molecule has 4 fully saturated rings. The molecule has 4 saturated heterocycles. The summed E-state index contributed by atoms with van der Waals surface area (Å²) in [6.07, 6.45) is 8.85. The van der Waals surface area contributed by atoms with Crippen molar-refractivity contribution >= 4 is 17.8 Å². The molecule has 2 amide bonds. The predicted molar refractivity (Wildman–Crippen MR) is 149 cm³/mol. The second-order valence-electron chi connectivity index (χ2n) is 11.4. The van der Waals surface area contributed by atoms with Gasteiger partial charge in [-0.05, 0) is 51.4 Å². The molecule has 40 heavy (non-hydrogen) atoms. The first-order valence-electron chi connectivity index (χ1n) is 15.0. The lowest BCUT2D eigenvalue weighted by molar-refractivity contribution is -0.155. The maximum Gasteiger partial charge on any atom is 0.312 e. The van der Waals surface area contributed by atoms with Crippen LogP contribution in [0.2, 0.25) is 0 Å². The van der Waals surface area contributed by atoms with Crippen molar-refractivity contribution in [3.63, 3.8) is 0 Å². The molecule has 4 heterocycles. The highest BCUT2D eigenvalue weighted by Crippen LogP contribution is 2.58. The van der Waals surface area contributed by atoms with E-state index in [1.807, 2.05) is 6.08 Å². The number of aliphatic hydroxyl groups is 1. The molecule has 0 aromatic rings. The van der Waals surface area contributed by atoms with E-state index in [1.165, 1.54) is 0 Å². The van der Waals surface area contributed by atoms with Crippen LogP contribution in [0.5, 0.6) is 0 Å². The van der Waals surface area contributed by atoms with Crippen LogP contribution >= 0.6 is 0 Å². The second-order valence-corrected chi connectivity index (χ2v) is 11.4. The van der Waals surface area contributed by atoms with E-state index < -0.39 is 35.6 Å². The minimum Gasteiger partial charge on any atom is -0.465 e. The van der Waals surface area contributed by atoms with Crippen molar-refractivity contribution < 1.29 is 33.7 Å². The third kappa shape index (κ3) is 6.45. The number of carbonyl (C=O) groups is 3. The second kappa shape index (κ2) is 14.6. The molecule has 4 aliphatic heterocycles. The minimum atomic E-state index is -1.03. The van der Waals surface area contributed by atoms with E-state index in [2.05, 4.69) is 18.1 Å². The van der Waals surface area contributed by atoms with Gasteiger partial charge in [-0.2, -0.15) is 0 Å². The van der Waals surface area contributed by atoms with E-state index in [1.54, 1.807) is 15.9 Å². The largest absolute Gasteiger partial charge is 0.465 e. The summed E-state index contributed by atoms with van der Waals surface area (Å²) < 4.78 is 17.6. The lowest BCUT2D eigenvalue weighted by atomic mass is 9.70. The Bertz CT molecular complexity index is 908. The maximum absolute atomic E-state index is 14.3. The zero-order valence-electron chi connectivity index (χ0n) is 23.8. The van der Waals surface area contributed by atoms with Gasteiger partial charge in [0.05, 0.1) is 37.8 Å². The lowest BCUT2D eigenvalue weighted by Crippen LogP contribution is -2.57. The van der Waals surface area contributed by atoms with E-state index in [0.29, 0.717) is 71.7 Å². The van der Waals surface area contributed by atoms with Crippen molar-refractivity contribution in [3.8, 4) is 0 Å². The number of fused-ring (bicyclic) bond motifs is 1. The summed E-state index contributed by atoms with van der Waals surface area (Å²) in [5.41, 5.74) is -1.03. The predicted octanol–water partition coefficient (Wildman–Crippen LogP) is 1.77. The standard InChI is InChI=1S/C30H47N3O7/c1-3-5-6-10-20-39-29(37)24-23-11-12-30(40-23)25(24)27(35)33(14-8-7-9-19-34)26(30)28(36)32(13-4-2)16-15-31-17-21-38-22-18-31/h3-4,23-26,34H,1-2,5-22H2/t23-,24+,25+,26?,30?/m1/s1. The first-order valence-corrected chi connectivity index (χ1v) is 15.0. The Kier molecular flexibility index (Phi) is 11.2. The van der Waals surface area contributed by atoms with E-state index in [9.17, 15) is 19.5 Å². The third-order valence-electron chi connectivity index (χ3n) is 8.86. The molecule has 10 nitrogen and oxygen atoms in total. The Morgan fingerprint density at radius 1 is 1.10 bits per heavy atom. The number of amides is 2. The molecule has 1 spiro atoms. The average molecular weight is 562 g/mol. The fraction of sp³-hybridized carbons (Fsp3) is 0.767. The van der Waals surface area contributed by atoms with Gasteiger partial charge in [-0.3, -0.25) is 19.3 Å². The molecule has 2 bridgehead atoms. The smallest absolute Gasteiger partial charge is 0.312 e. The van der Waals surface area contributed by atoms with Crippen LogP contribution in [0.15, 0.2) is 25.3 Å². The Morgan fingerprint density at radius 2 is 1.90 bits per heavy atom. The highest BCUT2D eigenvalue weighted by molar-refractivity contribution is 5.98. The van der Waals surface area contributed by atoms with Gasteiger partial charge in [0.1, 0.15) is 11.6 Å². The van der Waals surface area contributed by atoms with Gasteiger partial charge in [0, 0.05) is 45.9 Å². The summed E-state index contributed by atoms with van der Waals surface area (Å²) in [7, 11) is 0. The number of rotatable bonds is 17. The number of esters is 1. The van der Waals surface area contributed by atoms with Crippen LogP contribution in [0.3, 0.4) is 0 Å². The van der Waals surface area contributed by atoms with Crippen LogP contribution in [-0.4, -0.2) is 121 Å². The Morgan fingerprint density at radius 3 is 2.62 bits per heavy atom. The number of likely N-dealkylation sites (tertiary alicyclic amines) is 1. The fourth-order valence-electron chi connectivity index (χ4n) is 6.88. The summed E-state index contributed by atoms with van der Waals surface area (Å²) >= 11 is 0. The van der Waals surface area contributed by atoms with E-state index >= 15 is 0 Å². The van der Waals surface area contributed by atoms with Gasteiger partial charge < -0.3 is 29.1 Å². The van der Waals surface area contributed by atoms with Crippen molar-refractivity contribution in [2.45, 2.75) is 69.1 Å². The molecule has 224 valence electrons.